The highest BCUT2D eigenvalue weighted by molar-refractivity contribution is 6.35. The van der Waals surface area contributed by atoms with Crippen molar-refractivity contribution in [3.8, 4) is 11.5 Å². The van der Waals surface area contributed by atoms with Crippen LogP contribution in [0.15, 0.2) is 23.3 Å². The topological polar surface area (TPSA) is 129 Å². The Morgan fingerprint density at radius 2 is 2.00 bits per heavy atom. The van der Waals surface area contributed by atoms with Gasteiger partial charge in [0.2, 0.25) is 0 Å². The molecule has 0 aliphatic rings. The van der Waals surface area contributed by atoms with E-state index >= 15 is 0 Å². The third-order valence-corrected chi connectivity index (χ3v) is 3.11. The molecule has 1 aromatic rings. The van der Waals surface area contributed by atoms with Crippen molar-refractivity contribution in [1.82, 2.24) is 10.7 Å². The second-order valence-corrected chi connectivity index (χ2v) is 5.05. The van der Waals surface area contributed by atoms with E-state index in [-0.39, 0.29) is 17.5 Å². The Labute approximate surface area is 145 Å². The maximum absolute atomic E-state index is 11.6. The summed E-state index contributed by atoms with van der Waals surface area (Å²) in [4.78, 5) is 33.5. The fourth-order valence-electron chi connectivity index (χ4n) is 1.63. The second kappa shape index (κ2) is 9.91. The predicted molar refractivity (Wildman–Crippen MR) is 87.1 cm³/mol. The summed E-state index contributed by atoms with van der Waals surface area (Å²) in [7, 11) is 1.39. The first-order valence-corrected chi connectivity index (χ1v) is 7.52. The molecule has 0 unspecified atom stereocenters. The number of carbonyl (C=O) groups is 3. The number of nitrogens with zero attached hydrogens (tertiary/aromatic N) is 1. The molecule has 9 nitrogen and oxygen atoms in total. The lowest BCUT2D eigenvalue weighted by Gasteiger charge is -2.11. The molecule has 0 saturated carbocycles. The number of carboxylic acid groups (broad SMARTS) is 1. The first-order valence-electron chi connectivity index (χ1n) is 7.52. The number of nitrogens with one attached hydrogen (secondary N) is 2. The average molecular weight is 350 g/mol. The van der Waals surface area contributed by atoms with Crippen molar-refractivity contribution in [3.05, 3.63) is 23.8 Å². The Bertz CT molecular complexity index is 659. The van der Waals surface area contributed by atoms with Gasteiger partial charge in [0.1, 0.15) is 6.61 Å². The number of hydrogen-bond donors (Lipinski definition) is 2. The molecule has 0 aromatic heterocycles. The first kappa shape index (κ1) is 19.9. The van der Waals surface area contributed by atoms with Gasteiger partial charge in [-0.3, -0.25) is 9.59 Å². The highest BCUT2D eigenvalue weighted by Crippen LogP contribution is 2.27. The van der Waals surface area contributed by atoms with Crippen molar-refractivity contribution < 1.29 is 29.0 Å². The number of ether oxygens (including phenoxy) is 2. The lowest BCUT2D eigenvalue weighted by molar-refractivity contribution is -0.307. The zero-order valence-electron chi connectivity index (χ0n) is 14.2. The van der Waals surface area contributed by atoms with Crippen LogP contribution in [-0.4, -0.2) is 43.8 Å². The van der Waals surface area contributed by atoms with Crippen LogP contribution < -0.4 is 25.3 Å². The maximum atomic E-state index is 11.6. The maximum Gasteiger partial charge on any atom is 0.329 e. The summed E-state index contributed by atoms with van der Waals surface area (Å²) < 4.78 is 10.1. The van der Waals surface area contributed by atoms with Gasteiger partial charge in [-0.05, 0) is 37.1 Å². The Kier molecular flexibility index (Phi) is 7.91. The van der Waals surface area contributed by atoms with Crippen LogP contribution in [0.2, 0.25) is 0 Å². The normalized spacial score (nSPS) is 11.6. The number of carbonyl (C=O) groups excluding carboxylic acids is 3. The Hall–Kier alpha value is -3.10. The molecule has 0 radical (unpaired) electrons. The van der Waals surface area contributed by atoms with E-state index in [0.717, 1.165) is 0 Å². The van der Waals surface area contributed by atoms with E-state index in [1.54, 1.807) is 13.0 Å². The Morgan fingerprint density at radius 3 is 2.60 bits per heavy atom. The van der Waals surface area contributed by atoms with Crippen LogP contribution >= 0.6 is 0 Å². The van der Waals surface area contributed by atoms with Gasteiger partial charge in [-0.25, -0.2) is 5.43 Å². The van der Waals surface area contributed by atoms with Crippen molar-refractivity contribution in [2.45, 2.75) is 26.3 Å². The monoisotopic (exact) mass is 350 g/mol. The van der Waals surface area contributed by atoms with E-state index in [2.05, 4.69) is 15.8 Å². The van der Waals surface area contributed by atoms with Gasteiger partial charge >= 0.3 is 11.8 Å². The van der Waals surface area contributed by atoms with E-state index in [0.29, 0.717) is 12.0 Å². The van der Waals surface area contributed by atoms with Gasteiger partial charge in [0.25, 0.3) is 0 Å². The molecule has 1 rings (SSSR count). The molecule has 0 spiro atoms. The largest absolute Gasteiger partial charge is 0.546 e. The minimum absolute atomic E-state index is 0.111. The van der Waals surface area contributed by atoms with Crippen molar-refractivity contribution in [2.24, 2.45) is 5.10 Å². The molecule has 0 saturated heterocycles. The molecule has 2 amide bonds. The van der Waals surface area contributed by atoms with Crippen molar-refractivity contribution in [3.63, 3.8) is 0 Å². The minimum atomic E-state index is -1.36. The summed E-state index contributed by atoms with van der Waals surface area (Å²) in [5, 5.41) is 16.6. The highest BCUT2D eigenvalue weighted by Gasteiger charge is 2.14. The third-order valence-electron chi connectivity index (χ3n) is 3.11. The fraction of sp³-hybridized carbons (Fsp3) is 0.375. The summed E-state index contributed by atoms with van der Waals surface area (Å²) >= 11 is 0. The molecule has 0 aliphatic carbocycles. The molecule has 1 atom stereocenters. The number of carboxylic acids is 1. The molecule has 0 aliphatic heterocycles. The van der Waals surface area contributed by atoms with E-state index in [1.807, 2.05) is 6.92 Å². The first-order chi connectivity index (χ1) is 11.9. The van der Waals surface area contributed by atoms with Gasteiger partial charge in [-0.2, -0.15) is 5.10 Å². The average Bonchev–Trinajstić information content (AvgIpc) is 2.59. The summed E-state index contributed by atoms with van der Waals surface area (Å²) in [6, 6.07) is 4.47. The Balaban J connectivity index is 2.66. The number of aliphatic carboxylic acids is 1. The molecule has 0 heterocycles. The predicted octanol–water partition coefficient (Wildman–Crippen LogP) is -0.811. The van der Waals surface area contributed by atoms with Crippen LogP contribution in [0.5, 0.6) is 11.5 Å². The van der Waals surface area contributed by atoms with E-state index < -0.39 is 24.4 Å². The molecular formula is C16H20N3O6-. The van der Waals surface area contributed by atoms with Gasteiger partial charge in [0.05, 0.1) is 19.3 Å². The van der Waals surface area contributed by atoms with Crippen LogP contribution in [0, 0.1) is 0 Å². The van der Waals surface area contributed by atoms with Crippen LogP contribution in [-0.2, 0) is 14.4 Å². The van der Waals surface area contributed by atoms with Gasteiger partial charge in [0, 0.05) is 6.04 Å². The van der Waals surface area contributed by atoms with Crippen molar-refractivity contribution >= 4 is 24.0 Å². The molecule has 0 bridgehead atoms. The minimum Gasteiger partial charge on any atom is -0.546 e. The molecular weight excluding hydrogens is 330 g/mol. The number of benzene rings is 1. The lowest BCUT2D eigenvalue weighted by atomic mass is 10.2. The zero-order valence-corrected chi connectivity index (χ0v) is 14.2. The van der Waals surface area contributed by atoms with Gasteiger partial charge < -0.3 is 24.7 Å². The summed E-state index contributed by atoms with van der Waals surface area (Å²) in [5.41, 5.74) is 2.65. The standard InChI is InChI=1S/C16H21N3O6/c1-4-10(2)18-15(22)16(23)19-17-8-11-5-6-12(13(7-11)24-3)25-9-14(20)21/h5-8,10H,4,9H2,1-3H3,(H,18,22)(H,19,23)(H,20,21)/p-1/b17-8-/t10-/m1/s1. The van der Waals surface area contributed by atoms with Crippen LogP contribution in [0.25, 0.3) is 0 Å². The van der Waals surface area contributed by atoms with Crippen LogP contribution in [0.4, 0.5) is 0 Å². The number of methoxy groups -OCH3 is 1. The van der Waals surface area contributed by atoms with Gasteiger partial charge in [-0.15, -0.1) is 0 Å². The molecule has 0 fully saturated rings. The van der Waals surface area contributed by atoms with Crippen molar-refractivity contribution in [2.75, 3.05) is 13.7 Å². The van der Waals surface area contributed by atoms with Crippen LogP contribution in [0.3, 0.4) is 0 Å². The summed E-state index contributed by atoms with van der Waals surface area (Å²) in [6.45, 7) is 3.06. The molecule has 136 valence electrons. The van der Waals surface area contributed by atoms with Gasteiger partial charge in [-0.1, -0.05) is 6.92 Å². The van der Waals surface area contributed by atoms with Crippen molar-refractivity contribution in [1.29, 1.82) is 0 Å². The van der Waals surface area contributed by atoms with E-state index in [9.17, 15) is 19.5 Å². The molecule has 9 heteroatoms. The van der Waals surface area contributed by atoms with Crippen LogP contribution in [0.1, 0.15) is 25.8 Å². The van der Waals surface area contributed by atoms with E-state index in [1.165, 1.54) is 25.5 Å². The SMILES string of the molecule is CC[C@@H](C)NC(=O)C(=O)N/N=C\c1ccc(OCC(=O)[O-])c(OC)c1. The lowest BCUT2D eigenvalue weighted by Crippen LogP contribution is -2.41. The zero-order chi connectivity index (χ0) is 18.8. The van der Waals surface area contributed by atoms with E-state index in [4.69, 9.17) is 9.47 Å². The smallest absolute Gasteiger partial charge is 0.329 e. The third kappa shape index (κ3) is 6.90. The fourth-order valence-corrected chi connectivity index (χ4v) is 1.63. The number of hydrazone groups is 1. The number of rotatable bonds is 8. The summed E-state index contributed by atoms with van der Waals surface area (Å²) in [5.74, 6) is -2.49. The quantitative estimate of drug-likeness (QED) is 0.358. The van der Waals surface area contributed by atoms with Gasteiger partial charge in [0.15, 0.2) is 11.5 Å². The second-order valence-electron chi connectivity index (χ2n) is 5.05. The highest BCUT2D eigenvalue weighted by atomic mass is 16.5. The molecule has 2 N–H and O–H groups in total. The number of hydrogen-bond acceptors (Lipinski definition) is 7. The molecule has 1 aromatic carbocycles. The molecule has 25 heavy (non-hydrogen) atoms. The number of amides is 2. The Morgan fingerprint density at radius 1 is 1.28 bits per heavy atom. The summed E-state index contributed by atoms with van der Waals surface area (Å²) in [6.07, 6.45) is 2.01.